The molecule has 1 aliphatic heterocycles. The minimum absolute atomic E-state index is 0.00510. The standard InChI is InChI=1S/C36H44N4O4/c1-2-3-4-5-6-7-8-9-10-12-17-28-18-15-23-32(24-28)44-27-34(41)37-30-20-16-19-29(25-30)36(43)38-33-26-35(42)40(39-33)31-21-13-11-14-22-31/h11,13-16,18-25H,2-10,12,17,26-27H2,1H3,(H,37,41)(H,38,39,43). The summed E-state index contributed by atoms with van der Waals surface area (Å²) in [5.41, 5.74) is 2.64. The van der Waals surface area contributed by atoms with E-state index >= 15 is 0 Å². The van der Waals surface area contributed by atoms with E-state index in [0.717, 1.165) is 12.8 Å². The van der Waals surface area contributed by atoms with Gasteiger partial charge >= 0.3 is 0 Å². The first kappa shape index (κ1) is 32.5. The van der Waals surface area contributed by atoms with Gasteiger partial charge in [0.1, 0.15) is 11.6 Å². The highest BCUT2D eigenvalue weighted by Gasteiger charge is 2.26. The Bertz CT molecular complexity index is 1410. The Morgan fingerprint density at radius 2 is 1.50 bits per heavy atom. The van der Waals surface area contributed by atoms with E-state index in [4.69, 9.17) is 4.74 Å². The van der Waals surface area contributed by atoms with Crippen molar-refractivity contribution in [2.45, 2.75) is 84.0 Å². The number of carbonyl (C=O) groups excluding carboxylic acids is 3. The zero-order chi connectivity index (χ0) is 31.0. The first-order chi connectivity index (χ1) is 21.5. The van der Waals surface area contributed by atoms with Crippen molar-refractivity contribution >= 4 is 34.9 Å². The van der Waals surface area contributed by atoms with Crippen molar-refractivity contribution in [3.05, 3.63) is 90.0 Å². The number of benzene rings is 3. The molecule has 0 saturated carbocycles. The van der Waals surface area contributed by atoms with E-state index in [1.54, 1.807) is 36.4 Å². The molecule has 0 bridgehead atoms. The monoisotopic (exact) mass is 596 g/mol. The number of amides is 3. The number of nitrogens with one attached hydrogen (secondary N) is 2. The van der Waals surface area contributed by atoms with Crippen molar-refractivity contribution in [2.24, 2.45) is 5.10 Å². The predicted octanol–water partition coefficient (Wildman–Crippen LogP) is 7.65. The van der Waals surface area contributed by atoms with Crippen LogP contribution in [0, 0.1) is 0 Å². The van der Waals surface area contributed by atoms with Gasteiger partial charge in [0.15, 0.2) is 6.61 Å². The summed E-state index contributed by atoms with van der Waals surface area (Å²) in [5.74, 6) is -0.0433. The fourth-order valence-corrected chi connectivity index (χ4v) is 5.16. The number of hydrogen-bond donors (Lipinski definition) is 2. The SMILES string of the molecule is CCCCCCCCCCCCc1cccc(OCC(=O)Nc2cccc(C(=O)NC3=NN(c4ccccc4)C(=O)C3)c2)c1. The minimum atomic E-state index is -0.418. The van der Waals surface area contributed by atoms with Gasteiger partial charge in [0, 0.05) is 11.3 Å². The van der Waals surface area contributed by atoms with Gasteiger partial charge in [0.2, 0.25) is 0 Å². The Hall–Kier alpha value is -4.46. The van der Waals surface area contributed by atoms with Crippen LogP contribution in [0.4, 0.5) is 11.4 Å². The maximum Gasteiger partial charge on any atom is 0.262 e. The Morgan fingerprint density at radius 1 is 0.795 bits per heavy atom. The van der Waals surface area contributed by atoms with Crippen LogP contribution in [0.5, 0.6) is 5.75 Å². The van der Waals surface area contributed by atoms with Crippen LogP contribution in [0.1, 0.15) is 93.5 Å². The van der Waals surface area contributed by atoms with Gasteiger partial charge < -0.3 is 15.4 Å². The summed E-state index contributed by atoms with van der Waals surface area (Å²) in [6.45, 7) is 2.11. The van der Waals surface area contributed by atoms with Crippen LogP contribution in [0.15, 0.2) is 84.0 Å². The number of hydrogen-bond acceptors (Lipinski definition) is 5. The smallest absolute Gasteiger partial charge is 0.262 e. The number of unbranched alkanes of at least 4 members (excludes halogenated alkanes) is 9. The fourth-order valence-electron chi connectivity index (χ4n) is 5.16. The van der Waals surface area contributed by atoms with Gasteiger partial charge in [-0.25, -0.2) is 0 Å². The minimum Gasteiger partial charge on any atom is -0.484 e. The Balaban J connectivity index is 1.17. The van der Waals surface area contributed by atoms with Crippen LogP contribution in [0.25, 0.3) is 0 Å². The van der Waals surface area contributed by atoms with E-state index in [1.807, 2.05) is 36.4 Å². The average Bonchev–Trinajstić information content (AvgIpc) is 3.41. The third kappa shape index (κ3) is 10.7. The van der Waals surface area contributed by atoms with Crippen molar-refractivity contribution < 1.29 is 19.1 Å². The first-order valence-corrected chi connectivity index (χ1v) is 15.9. The number of nitrogens with zero attached hydrogens (tertiary/aromatic N) is 2. The van der Waals surface area contributed by atoms with E-state index in [0.29, 0.717) is 22.7 Å². The molecule has 0 radical (unpaired) electrons. The molecule has 0 aliphatic carbocycles. The molecule has 8 nitrogen and oxygen atoms in total. The quantitative estimate of drug-likeness (QED) is 0.156. The number of ether oxygens (including phenoxy) is 1. The van der Waals surface area contributed by atoms with Crippen molar-refractivity contribution in [2.75, 3.05) is 16.9 Å². The zero-order valence-corrected chi connectivity index (χ0v) is 25.7. The predicted molar refractivity (Wildman–Crippen MR) is 176 cm³/mol. The number of carbonyl (C=O) groups is 3. The fraction of sp³-hybridized carbons (Fsp3) is 0.389. The molecule has 8 heteroatoms. The number of aryl methyl sites for hydroxylation is 1. The first-order valence-electron chi connectivity index (χ1n) is 15.9. The normalized spacial score (nSPS) is 12.6. The Labute approximate surface area is 260 Å². The molecule has 0 spiro atoms. The molecule has 3 aromatic rings. The lowest BCUT2D eigenvalue weighted by Crippen LogP contribution is -2.29. The molecule has 44 heavy (non-hydrogen) atoms. The zero-order valence-electron chi connectivity index (χ0n) is 25.7. The van der Waals surface area contributed by atoms with Crippen LogP contribution in [-0.2, 0) is 16.0 Å². The molecule has 1 heterocycles. The van der Waals surface area contributed by atoms with E-state index in [2.05, 4.69) is 28.7 Å². The van der Waals surface area contributed by atoms with Gasteiger partial charge in [-0.05, 0) is 60.9 Å². The number of rotatable bonds is 17. The van der Waals surface area contributed by atoms with Crippen LogP contribution < -0.4 is 20.4 Å². The van der Waals surface area contributed by atoms with E-state index < -0.39 is 5.91 Å². The third-order valence-corrected chi connectivity index (χ3v) is 7.53. The van der Waals surface area contributed by atoms with Gasteiger partial charge in [-0.1, -0.05) is 101 Å². The van der Waals surface area contributed by atoms with Gasteiger partial charge in [-0.2, -0.15) is 10.1 Å². The number of hydrazone groups is 1. The van der Waals surface area contributed by atoms with Crippen molar-refractivity contribution in [3.63, 3.8) is 0 Å². The van der Waals surface area contributed by atoms with Crippen LogP contribution in [0.3, 0.4) is 0 Å². The largest absolute Gasteiger partial charge is 0.484 e. The number of amidine groups is 1. The topological polar surface area (TPSA) is 100 Å². The van der Waals surface area contributed by atoms with E-state index in [-0.39, 0.29) is 30.7 Å². The molecule has 2 N–H and O–H groups in total. The van der Waals surface area contributed by atoms with E-state index in [9.17, 15) is 14.4 Å². The molecule has 0 fully saturated rings. The van der Waals surface area contributed by atoms with Crippen LogP contribution in [0.2, 0.25) is 0 Å². The Morgan fingerprint density at radius 3 is 2.25 bits per heavy atom. The molecule has 232 valence electrons. The molecule has 0 saturated heterocycles. The average molecular weight is 597 g/mol. The molecule has 3 aromatic carbocycles. The molecule has 4 rings (SSSR count). The number of anilines is 2. The summed E-state index contributed by atoms with van der Waals surface area (Å²) < 4.78 is 5.76. The second kappa shape index (κ2) is 17.6. The van der Waals surface area contributed by atoms with Crippen molar-refractivity contribution in [3.8, 4) is 5.75 Å². The molecule has 0 unspecified atom stereocenters. The lowest BCUT2D eigenvalue weighted by Gasteiger charge is -2.10. The highest BCUT2D eigenvalue weighted by molar-refractivity contribution is 6.18. The Kier molecular flexibility index (Phi) is 13.0. The number of para-hydroxylation sites is 1. The third-order valence-electron chi connectivity index (χ3n) is 7.53. The highest BCUT2D eigenvalue weighted by atomic mass is 16.5. The van der Waals surface area contributed by atoms with E-state index in [1.165, 1.54) is 68.4 Å². The molecular weight excluding hydrogens is 552 g/mol. The molecule has 3 amide bonds. The highest BCUT2D eigenvalue weighted by Crippen LogP contribution is 2.20. The lowest BCUT2D eigenvalue weighted by molar-refractivity contribution is -0.118. The van der Waals surface area contributed by atoms with Crippen molar-refractivity contribution in [1.82, 2.24) is 5.32 Å². The van der Waals surface area contributed by atoms with Gasteiger partial charge in [0.25, 0.3) is 17.7 Å². The van der Waals surface area contributed by atoms with Crippen LogP contribution in [-0.4, -0.2) is 30.2 Å². The second-order valence-electron chi connectivity index (χ2n) is 11.2. The molecule has 0 aromatic heterocycles. The van der Waals surface area contributed by atoms with Crippen molar-refractivity contribution in [1.29, 1.82) is 0 Å². The summed E-state index contributed by atoms with van der Waals surface area (Å²) in [5, 5.41) is 11.0. The summed E-state index contributed by atoms with van der Waals surface area (Å²) in [4.78, 5) is 37.9. The summed E-state index contributed by atoms with van der Waals surface area (Å²) in [6, 6.07) is 23.6. The lowest BCUT2D eigenvalue weighted by atomic mass is 10.0. The van der Waals surface area contributed by atoms with Gasteiger partial charge in [0.05, 0.1) is 12.1 Å². The molecule has 1 aliphatic rings. The molecular formula is C36H44N4O4. The van der Waals surface area contributed by atoms with Gasteiger partial charge in [-0.3, -0.25) is 14.4 Å². The van der Waals surface area contributed by atoms with Crippen LogP contribution >= 0.6 is 0 Å². The molecule has 0 atom stereocenters. The second-order valence-corrected chi connectivity index (χ2v) is 11.2. The summed E-state index contributed by atoms with van der Waals surface area (Å²) >= 11 is 0. The summed E-state index contributed by atoms with van der Waals surface area (Å²) in [6.07, 6.45) is 14.1. The summed E-state index contributed by atoms with van der Waals surface area (Å²) in [7, 11) is 0. The maximum atomic E-state index is 12.9. The maximum absolute atomic E-state index is 12.9. The van der Waals surface area contributed by atoms with Gasteiger partial charge in [-0.15, -0.1) is 0 Å².